The van der Waals surface area contributed by atoms with Crippen LogP contribution in [0.5, 0.6) is 0 Å². The third-order valence-corrected chi connectivity index (χ3v) is 11.0. The van der Waals surface area contributed by atoms with Crippen molar-refractivity contribution in [2.45, 2.75) is 277 Å². The summed E-state index contributed by atoms with van der Waals surface area (Å²) in [5.74, 6) is -0.865. The van der Waals surface area contributed by atoms with Crippen molar-refractivity contribution in [1.29, 1.82) is 0 Å². The smallest absolute Gasteiger partial charge is 0.306 e. The maximum atomic E-state index is 12.7. The third-order valence-electron chi connectivity index (χ3n) is 11.0. The van der Waals surface area contributed by atoms with Crippen molar-refractivity contribution in [3.63, 3.8) is 0 Å². The van der Waals surface area contributed by atoms with Gasteiger partial charge in [0.1, 0.15) is 13.2 Å². The number of esters is 3. The Hall–Kier alpha value is -1.85. The zero-order valence-electron chi connectivity index (χ0n) is 37.7. The molecule has 0 spiro atoms. The Labute approximate surface area is 348 Å². The van der Waals surface area contributed by atoms with Gasteiger partial charge in [-0.15, -0.1) is 0 Å². The van der Waals surface area contributed by atoms with Gasteiger partial charge in [0, 0.05) is 19.3 Å². The number of rotatable bonds is 45. The van der Waals surface area contributed by atoms with Crippen LogP contribution in [0.3, 0.4) is 0 Å². The van der Waals surface area contributed by atoms with Crippen LogP contribution in [-0.2, 0) is 28.6 Å². The van der Waals surface area contributed by atoms with Gasteiger partial charge in [-0.3, -0.25) is 14.4 Å². The maximum Gasteiger partial charge on any atom is 0.306 e. The summed E-state index contributed by atoms with van der Waals surface area (Å²) in [6, 6.07) is 0. The summed E-state index contributed by atoms with van der Waals surface area (Å²) in [6.07, 6.45) is 49.0. The zero-order chi connectivity index (χ0) is 40.8. The number of carbonyl (C=O) groups is 3. The number of unbranched alkanes of at least 4 members (excludes halogenated alkanes) is 32. The Morgan fingerprint density at radius 2 is 0.589 bits per heavy atom. The lowest BCUT2D eigenvalue weighted by Gasteiger charge is -2.18. The summed E-state index contributed by atoms with van der Waals surface area (Å²) in [4.78, 5) is 37.8. The van der Waals surface area contributed by atoms with Crippen molar-refractivity contribution in [1.82, 2.24) is 0 Å². The highest BCUT2D eigenvalue weighted by Crippen LogP contribution is 2.15. The molecule has 0 aliphatic carbocycles. The molecule has 0 amide bonds. The van der Waals surface area contributed by atoms with E-state index in [0.29, 0.717) is 19.3 Å². The second kappa shape index (κ2) is 45.8. The van der Waals surface area contributed by atoms with E-state index in [2.05, 4.69) is 32.9 Å². The van der Waals surface area contributed by atoms with Gasteiger partial charge in [0.25, 0.3) is 0 Å². The van der Waals surface area contributed by atoms with Crippen LogP contribution in [0.25, 0.3) is 0 Å². The first-order valence-corrected chi connectivity index (χ1v) is 24.7. The van der Waals surface area contributed by atoms with Crippen LogP contribution in [0.1, 0.15) is 271 Å². The molecule has 56 heavy (non-hydrogen) atoms. The summed E-state index contributed by atoms with van der Waals surface area (Å²) >= 11 is 0. The number of allylic oxidation sites excluding steroid dienone is 2. The van der Waals surface area contributed by atoms with Crippen LogP contribution < -0.4 is 0 Å². The first kappa shape index (κ1) is 54.2. The van der Waals surface area contributed by atoms with E-state index in [1.165, 1.54) is 167 Å². The second-order valence-electron chi connectivity index (χ2n) is 16.7. The Kier molecular flexibility index (Phi) is 44.3. The van der Waals surface area contributed by atoms with Crippen molar-refractivity contribution in [2.75, 3.05) is 13.2 Å². The molecule has 0 aromatic carbocycles. The fourth-order valence-electron chi connectivity index (χ4n) is 7.26. The molecule has 0 N–H and O–H groups in total. The highest BCUT2D eigenvalue weighted by Gasteiger charge is 2.19. The molecule has 0 aliphatic heterocycles. The minimum atomic E-state index is -0.766. The Morgan fingerprint density at radius 3 is 0.893 bits per heavy atom. The molecule has 0 fully saturated rings. The lowest BCUT2D eigenvalue weighted by molar-refractivity contribution is -0.167. The van der Waals surface area contributed by atoms with E-state index in [9.17, 15) is 14.4 Å². The van der Waals surface area contributed by atoms with E-state index in [1.807, 2.05) is 0 Å². The Balaban J connectivity index is 4.34. The topological polar surface area (TPSA) is 78.9 Å². The normalized spacial score (nSPS) is 12.0. The molecule has 6 nitrogen and oxygen atoms in total. The van der Waals surface area contributed by atoms with Crippen LogP contribution in [0.4, 0.5) is 0 Å². The van der Waals surface area contributed by atoms with Crippen LogP contribution in [-0.4, -0.2) is 37.2 Å². The molecule has 0 aromatic heterocycles. The van der Waals surface area contributed by atoms with Gasteiger partial charge in [0.05, 0.1) is 0 Å². The fraction of sp³-hybridized carbons (Fsp3) is 0.900. The minimum absolute atomic E-state index is 0.0685. The lowest BCUT2D eigenvalue weighted by Crippen LogP contribution is -2.30. The Morgan fingerprint density at radius 1 is 0.339 bits per heavy atom. The molecular weight excluding hydrogens is 697 g/mol. The quantitative estimate of drug-likeness (QED) is 0.0264. The van der Waals surface area contributed by atoms with E-state index < -0.39 is 6.10 Å². The van der Waals surface area contributed by atoms with Crippen LogP contribution in [0, 0.1) is 0 Å². The van der Waals surface area contributed by atoms with Crippen LogP contribution >= 0.6 is 0 Å². The Bertz CT molecular complexity index is 870. The standard InChI is InChI=1S/C50H94O6/c1-4-7-10-13-16-19-22-24-25-26-29-32-35-38-41-44-50(53)56-47(45-54-48(51)42-39-36-33-30-27-21-18-15-12-9-6-3)46-55-49(52)43-40-37-34-31-28-23-20-17-14-11-8-5-2/h24-25,47H,4-23,26-46H2,1-3H3/b25-24-/t47-/m0/s1. The molecule has 0 saturated heterocycles. The lowest BCUT2D eigenvalue weighted by atomic mass is 10.0. The SMILES string of the molecule is CCCCCCCC/C=C\CCCCCCCC(=O)O[C@@H](COC(=O)CCCCCCCCCCCCC)COC(=O)CCCCCCCCCCCCCC. The molecule has 330 valence electrons. The van der Waals surface area contributed by atoms with Crippen molar-refractivity contribution in [3.8, 4) is 0 Å². The summed E-state index contributed by atoms with van der Waals surface area (Å²) < 4.78 is 16.7. The molecule has 0 bridgehead atoms. The highest BCUT2D eigenvalue weighted by atomic mass is 16.6. The molecule has 6 heteroatoms. The van der Waals surface area contributed by atoms with Gasteiger partial charge in [-0.05, 0) is 44.9 Å². The number of ether oxygens (including phenoxy) is 3. The third kappa shape index (κ3) is 43.3. The molecule has 0 saturated carbocycles. The average Bonchev–Trinajstić information content (AvgIpc) is 3.19. The van der Waals surface area contributed by atoms with Gasteiger partial charge in [-0.2, -0.15) is 0 Å². The molecule has 0 aromatic rings. The highest BCUT2D eigenvalue weighted by molar-refractivity contribution is 5.71. The van der Waals surface area contributed by atoms with Gasteiger partial charge in [0.15, 0.2) is 6.10 Å². The molecule has 0 radical (unpaired) electrons. The summed E-state index contributed by atoms with van der Waals surface area (Å²) in [7, 11) is 0. The van der Waals surface area contributed by atoms with Crippen molar-refractivity contribution in [2.24, 2.45) is 0 Å². The maximum absolute atomic E-state index is 12.7. The predicted octanol–water partition coefficient (Wildman–Crippen LogP) is 15.8. The molecular formula is C50H94O6. The molecule has 0 heterocycles. The average molecular weight is 791 g/mol. The molecule has 0 unspecified atom stereocenters. The molecule has 1 atom stereocenters. The summed E-state index contributed by atoms with van der Waals surface area (Å²) in [5, 5.41) is 0. The van der Waals surface area contributed by atoms with E-state index >= 15 is 0 Å². The molecule has 0 rings (SSSR count). The number of carbonyl (C=O) groups excluding carboxylic acids is 3. The molecule has 0 aliphatic rings. The van der Waals surface area contributed by atoms with E-state index in [-0.39, 0.29) is 31.1 Å². The van der Waals surface area contributed by atoms with Gasteiger partial charge >= 0.3 is 17.9 Å². The van der Waals surface area contributed by atoms with E-state index in [4.69, 9.17) is 14.2 Å². The van der Waals surface area contributed by atoms with Gasteiger partial charge in [-0.1, -0.05) is 219 Å². The monoisotopic (exact) mass is 791 g/mol. The number of hydrogen-bond donors (Lipinski definition) is 0. The van der Waals surface area contributed by atoms with Crippen LogP contribution in [0.2, 0.25) is 0 Å². The minimum Gasteiger partial charge on any atom is -0.462 e. The second-order valence-corrected chi connectivity index (χ2v) is 16.7. The van der Waals surface area contributed by atoms with Crippen molar-refractivity contribution in [3.05, 3.63) is 12.2 Å². The fourth-order valence-corrected chi connectivity index (χ4v) is 7.26. The largest absolute Gasteiger partial charge is 0.462 e. The van der Waals surface area contributed by atoms with Gasteiger partial charge in [0.2, 0.25) is 0 Å². The van der Waals surface area contributed by atoms with Crippen LogP contribution in [0.15, 0.2) is 12.2 Å². The van der Waals surface area contributed by atoms with Crippen molar-refractivity contribution >= 4 is 17.9 Å². The van der Waals surface area contributed by atoms with Gasteiger partial charge < -0.3 is 14.2 Å². The zero-order valence-corrected chi connectivity index (χ0v) is 37.7. The summed E-state index contributed by atoms with van der Waals surface area (Å²) in [6.45, 7) is 6.64. The van der Waals surface area contributed by atoms with Gasteiger partial charge in [-0.25, -0.2) is 0 Å². The van der Waals surface area contributed by atoms with E-state index in [0.717, 1.165) is 64.2 Å². The first-order chi connectivity index (χ1) is 27.5. The first-order valence-electron chi connectivity index (χ1n) is 24.7. The number of hydrogen-bond acceptors (Lipinski definition) is 6. The summed E-state index contributed by atoms with van der Waals surface area (Å²) in [5.41, 5.74) is 0. The van der Waals surface area contributed by atoms with Crippen molar-refractivity contribution < 1.29 is 28.6 Å². The predicted molar refractivity (Wildman–Crippen MR) is 238 cm³/mol. The van der Waals surface area contributed by atoms with E-state index in [1.54, 1.807) is 0 Å².